The van der Waals surface area contributed by atoms with E-state index in [9.17, 15) is 4.79 Å². The molecule has 0 bridgehead atoms. The van der Waals surface area contributed by atoms with Crippen LogP contribution in [0.4, 0.5) is 0 Å². The van der Waals surface area contributed by atoms with Crippen molar-refractivity contribution in [1.29, 1.82) is 0 Å². The van der Waals surface area contributed by atoms with E-state index in [4.69, 9.17) is 4.42 Å². The largest absolute Gasteiger partial charge is 0.445 e. The standard InChI is InChI=1S/C13H13NO2S/c1-9-10(2)16-13(14-9)8-17-12-5-3-4-11(6-12)7-15/h3-7H,8H2,1-2H3. The van der Waals surface area contributed by atoms with Crippen LogP contribution in [-0.4, -0.2) is 11.3 Å². The Labute approximate surface area is 104 Å². The summed E-state index contributed by atoms with van der Waals surface area (Å²) in [4.78, 5) is 16.0. The number of oxazole rings is 1. The summed E-state index contributed by atoms with van der Waals surface area (Å²) < 4.78 is 5.49. The van der Waals surface area contributed by atoms with Crippen molar-refractivity contribution in [3.8, 4) is 0 Å². The van der Waals surface area contributed by atoms with Crippen LogP contribution in [0, 0.1) is 13.8 Å². The molecule has 0 saturated heterocycles. The molecule has 3 nitrogen and oxygen atoms in total. The van der Waals surface area contributed by atoms with Crippen LogP contribution in [0.2, 0.25) is 0 Å². The van der Waals surface area contributed by atoms with Crippen LogP contribution in [0.15, 0.2) is 33.6 Å². The first-order valence-electron chi connectivity index (χ1n) is 5.30. The molecule has 1 aromatic carbocycles. The van der Waals surface area contributed by atoms with Gasteiger partial charge in [-0.25, -0.2) is 4.98 Å². The van der Waals surface area contributed by atoms with E-state index in [0.29, 0.717) is 11.3 Å². The summed E-state index contributed by atoms with van der Waals surface area (Å²) in [5, 5.41) is 0. The van der Waals surface area contributed by atoms with E-state index in [1.807, 2.05) is 32.0 Å². The monoisotopic (exact) mass is 247 g/mol. The average molecular weight is 247 g/mol. The maximum atomic E-state index is 10.6. The van der Waals surface area contributed by atoms with E-state index in [-0.39, 0.29) is 0 Å². The summed E-state index contributed by atoms with van der Waals surface area (Å²) in [5.74, 6) is 2.26. The van der Waals surface area contributed by atoms with E-state index in [2.05, 4.69) is 4.98 Å². The molecule has 2 aromatic rings. The lowest BCUT2D eigenvalue weighted by molar-refractivity contribution is 0.112. The zero-order chi connectivity index (χ0) is 12.3. The molecule has 0 N–H and O–H groups in total. The van der Waals surface area contributed by atoms with Gasteiger partial charge in [0.2, 0.25) is 5.89 Å². The Morgan fingerprint density at radius 1 is 1.41 bits per heavy atom. The van der Waals surface area contributed by atoms with E-state index < -0.39 is 0 Å². The summed E-state index contributed by atoms with van der Waals surface area (Å²) in [6, 6.07) is 7.50. The highest BCUT2D eigenvalue weighted by molar-refractivity contribution is 7.98. The van der Waals surface area contributed by atoms with Gasteiger partial charge in [0.15, 0.2) is 0 Å². The fraction of sp³-hybridized carbons (Fsp3) is 0.231. The van der Waals surface area contributed by atoms with Gasteiger partial charge in [0.25, 0.3) is 0 Å². The van der Waals surface area contributed by atoms with Gasteiger partial charge < -0.3 is 4.42 Å². The van der Waals surface area contributed by atoms with Crippen LogP contribution >= 0.6 is 11.8 Å². The summed E-state index contributed by atoms with van der Waals surface area (Å²) in [7, 11) is 0. The van der Waals surface area contributed by atoms with Crippen LogP contribution in [-0.2, 0) is 5.75 Å². The van der Waals surface area contributed by atoms with Crippen molar-refractivity contribution in [2.45, 2.75) is 24.5 Å². The van der Waals surface area contributed by atoms with Crippen molar-refractivity contribution < 1.29 is 9.21 Å². The normalized spacial score (nSPS) is 10.5. The topological polar surface area (TPSA) is 43.1 Å². The highest BCUT2D eigenvalue weighted by Gasteiger charge is 2.06. The molecule has 0 saturated carbocycles. The van der Waals surface area contributed by atoms with Gasteiger partial charge in [-0.2, -0.15) is 0 Å². The quantitative estimate of drug-likeness (QED) is 0.613. The van der Waals surface area contributed by atoms with E-state index in [1.165, 1.54) is 0 Å². The molecule has 0 fully saturated rings. The van der Waals surface area contributed by atoms with Crippen molar-refractivity contribution >= 4 is 18.0 Å². The van der Waals surface area contributed by atoms with Crippen LogP contribution in [0.3, 0.4) is 0 Å². The second kappa shape index (κ2) is 5.19. The second-order valence-electron chi connectivity index (χ2n) is 3.73. The Kier molecular flexibility index (Phi) is 3.64. The number of benzene rings is 1. The van der Waals surface area contributed by atoms with Gasteiger partial charge in [0.05, 0.1) is 11.4 Å². The molecular formula is C13H13NO2S. The Morgan fingerprint density at radius 3 is 2.88 bits per heavy atom. The molecule has 0 amide bonds. The predicted molar refractivity (Wildman–Crippen MR) is 67.4 cm³/mol. The number of aldehydes is 1. The lowest BCUT2D eigenvalue weighted by atomic mass is 10.2. The summed E-state index contributed by atoms with van der Waals surface area (Å²) >= 11 is 1.61. The molecule has 0 atom stereocenters. The number of aromatic nitrogens is 1. The third-order valence-corrected chi connectivity index (χ3v) is 3.41. The molecule has 0 aliphatic carbocycles. The Hall–Kier alpha value is -1.55. The minimum absolute atomic E-state index is 0.678. The maximum Gasteiger partial charge on any atom is 0.204 e. The van der Waals surface area contributed by atoms with Gasteiger partial charge >= 0.3 is 0 Å². The number of carbonyl (C=O) groups is 1. The fourth-order valence-corrected chi connectivity index (χ4v) is 2.23. The molecule has 0 aliphatic rings. The van der Waals surface area contributed by atoms with Gasteiger partial charge in [-0.1, -0.05) is 12.1 Å². The number of hydrogen-bond donors (Lipinski definition) is 0. The zero-order valence-corrected chi connectivity index (χ0v) is 10.6. The van der Waals surface area contributed by atoms with Gasteiger partial charge in [-0.15, -0.1) is 11.8 Å². The molecule has 0 spiro atoms. The van der Waals surface area contributed by atoms with E-state index in [1.54, 1.807) is 17.8 Å². The number of thioether (sulfide) groups is 1. The summed E-state index contributed by atoms with van der Waals surface area (Å²) in [6.45, 7) is 3.84. The Balaban J connectivity index is 2.04. The molecule has 1 aromatic heterocycles. The highest BCUT2D eigenvalue weighted by atomic mass is 32.2. The molecule has 1 heterocycles. The first kappa shape index (κ1) is 11.9. The van der Waals surface area contributed by atoms with Crippen LogP contribution < -0.4 is 0 Å². The number of nitrogens with zero attached hydrogens (tertiary/aromatic N) is 1. The van der Waals surface area contributed by atoms with Gasteiger partial charge in [0, 0.05) is 10.5 Å². The fourth-order valence-electron chi connectivity index (χ4n) is 1.42. The van der Waals surface area contributed by atoms with Gasteiger partial charge in [-0.3, -0.25) is 4.79 Å². The molecule has 17 heavy (non-hydrogen) atoms. The molecule has 0 aliphatic heterocycles. The van der Waals surface area contributed by atoms with Crippen LogP contribution in [0.5, 0.6) is 0 Å². The first-order valence-corrected chi connectivity index (χ1v) is 6.28. The molecular weight excluding hydrogens is 234 g/mol. The van der Waals surface area contributed by atoms with Crippen LogP contribution in [0.1, 0.15) is 27.7 Å². The van der Waals surface area contributed by atoms with Crippen LogP contribution in [0.25, 0.3) is 0 Å². The van der Waals surface area contributed by atoms with Crippen molar-refractivity contribution in [1.82, 2.24) is 4.98 Å². The summed E-state index contributed by atoms with van der Waals surface area (Å²) in [5.41, 5.74) is 1.62. The lowest BCUT2D eigenvalue weighted by Gasteiger charge is -1.99. The van der Waals surface area contributed by atoms with Crippen molar-refractivity contribution in [2.75, 3.05) is 0 Å². The number of hydrogen-bond acceptors (Lipinski definition) is 4. The molecule has 2 rings (SSSR count). The van der Waals surface area contributed by atoms with Crippen molar-refractivity contribution in [2.24, 2.45) is 0 Å². The Morgan fingerprint density at radius 2 is 2.24 bits per heavy atom. The van der Waals surface area contributed by atoms with Crippen molar-refractivity contribution in [3.05, 3.63) is 47.2 Å². The smallest absolute Gasteiger partial charge is 0.204 e. The molecule has 0 unspecified atom stereocenters. The van der Waals surface area contributed by atoms with E-state index in [0.717, 1.165) is 28.5 Å². The molecule has 4 heteroatoms. The van der Waals surface area contributed by atoms with Crippen molar-refractivity contribution in [3.63, 3.8) is 0 Å². The lowest BCUT2D eigenvalue weighted by Crippen LogP contribution is -1.83. The first-order chi connectivity index (χ1) is 8.19. The Bertz CT molecular complexity index is 514. The highest BCUT2D eigenvalue weighted by Crippen LogP contribution is 2.23. The third-order valence-electron chi connectivity index (χ3n) is 2.43. The SMILES string of the molecule is Cc1nc(CSc2cccc(C=O)c2)oc1C. The zero-order valence-electron chi connectivity index (χ0n) is 9.77. The second-order valence-corrected chi connectivity index (χ2v) is 4.78. The van der Waals surface area contributed by atoms with E-state index >= 15 is 0 Å². The van der Waals surface area contributed by atoms with Gasteiger partial charge in [-0.05, 0) is 26.0 Å². The number of aryl methyl sites for hydroxylation is 2. The molecule has 88 valence electrons. The van der Waals surface area contributed by atoms with Gasteiger partial charge in [0.1, 0.15) is 12.0 Å². The minimum Gasteiger partial charge on any atom is -0.445 e. The number of rotatable bonds is 4. The third kappa shape index (κ3) is 2.97. The maximum absolute atomic E-state index is 10.6. The number of carbonyl (C=O) groups excluding carboxylic acids is 1. The minimum atomic E-state index is 0.678. The molecule has 0 radical (unpaired) electrons. The average Bonchev–Trinajstić information content (AvgIpc) is 2.67. The predicted octanol–water partition coefficient (Wildman–Crippen LogP) is 3.40. The summed E-state index contributed by atoms with van der Waals surface area (Å²) in [6.07, 6.45) is 0.851.